The number of hydrogen-bond donors (Lipinski definition) is 1. The van der Waals surface area contributed by atoms with Crippen molar-refractivity contribution in [1.82, 2.24) is 20.2 Å². The van der Waals surface area contributed by atoms with Crippen molar-refractivity contribution in [3.8, 4) is 0 Å². The predicted octanol–water partition coefficient (Wildman–Crippen LogP) is 1.89. The number of amides is 1. The minimum atomic E-state index is -0.322. The van der Waals surface area contributed by atoms with Gasteiger partial charge in [0.05, 0.1) is 23.9 Å². The Labute approximate surface area is 152 Å². The van der Waals surface area contributed by atoms with Crippen LogP contribution in [-0.4, -0.2) is 53.6 Å². The molecule has 1 fully saturated rings. The van der Waals surface area contributed by atoms with Crippen LogP contribution in [0.2, 0.25) is 0 Å². The first-order valence-electron chi connectivity index (χ1n) is 8.57. The van der Waals surface area contributed by atoms with E-state index in [9.17, 15) is 4.79 Å². The first kappa shape index (κ1) is 18.0. The quantitative estimate of drug-likeness (QED) is 0.852. The van der Waals surface area contributed by atoms with E-state index < -0.39 is 0 Å². The number of ether oxygens (including phenoxy) is 1. The zero-order valence-electron chi connectivity index (χ0n) is 14.7. The molecule has 3 rings (SSSR count). The molecule has 3 heterocycles. The highest BCUT2D eigenvalue weighted by Gasteiger charge is 2.29. The number of rotatable bonds is 6. The van der Waals surface area contributed by atoms with E-state index in [0.29, 0.717) is 19.8 Å². The van der Waals surface area contributed by atoms with E-state index in [4.69, 9.17) is 4.74 Å². The predicted molar refractivity (Wildman–Crippen MR) is 97.7 cm³/mol. The first-order chi connectivity index (χ1) is 12.1. The lowest BCUT2D eigenvalue weighted by Gasteiger charge is -2.33. The van der Waals surface area contributed by atoms with Gasteiger partial charge in [0.1, 0.15) is 6.04 Å². The van der Waals surface area contributed by atoms with Crippen LogP contribution in [0.25, 0.3) is 0 Å². The Hall–Kier alpha value is -1.83. The van der Waals surface area contributed by atoms with Gasteiger partial charge in [-0.1, -0.05) is 6.07 Å². The number of morpholine rings is 1. The number of thiazole rings is 1. The molecule has 0 aliphatic carbocycles. The topological polar surface area (TPSA) is 67.4 Å². The summed E-state index contributed by atoms with van der Waals surface area (Å²) in [5, 5.41) is 4.14. The van der Waals surface area contributed by atoms with Crippen LogP contribution in [0, 0.1) is 13.8 Å². The Morgan fingerprint density at radius 3 is 2.84 bits per heavy atom. The fourth-order valence-electron chi connectivity index (χ4n) is 2.94. The van der Waals surface area contributed by atoms with E-state index in [1.807, 2.05) is 19.1 Å². The van der Waals surface area contributed by atoms with Crippen molar-refractivity contribution in [3.05, 3.63) is 45.7 Å². The third kappa shape index (κ3) is 4.62. The normalized spacial score (nSPS) is 16.6. The fraction of sp³-hybridized carbons (Fsp3) is 0.500. The third-order valence-corrected chi connectivity index (χ3v) is 5.50. The van der Waals surface area contributed by atoms with Crippen molar-refractivity contribution in [1.29, 1.82) is 0 Å². The van der Waals surface area contributed by atoms with Gasteiger partial charge in [0, 0.05) is 43.3 Å². The van der Waals surface area contributed by atoms with Crippen molar-refractivity contribution in [2.75, 3.05) is 32.8 Å². The highest BCUT2D eigenvalue weighted by molar-refractivity contribution is 7.11. The lowest BCUT2D eigenvalue weighted by atomic mass is 10.1. The van der Waals surface area contributed by atoms with Crippen molar-refractivity contribution in [2.45, 2.75) is 26.3 Å². The van der Waals surface area contributed by atoms with Gasteiger partial charge < -0.3 is 10.1 Å². The lowest BCUT2D eigenvalue weighted by molar-refractivity contribution is -0.128. The number of hydrogen-bond acceptors (Lipinski definition) is 6. The molecule has 0 aromatic carbocycles. The highest BCUT2D eigenvalue weighted by Crippen LogP contribution is 2.21. The Bertz CT molecular complexity index is 679. The number of nitrogens with one attached hydrogen (secondary N) is 1. The molecule has 2 aromatic rings. The smallest absolute Gasteiger partial charge is 0.242 e. The van der Waals surface area contributed by atoms with E-state index >= 15 is 0 Å². The Morgan fingerprint density at radius 2 is 2.20 bits per heavy atom. The molecule has 1 atom stereocenters. The van der Waals surface area contributed by atoms with Crippen LogP contribution in [-0.2, 0) is 16.0 Å². The summed E-state index contributed by atoms with van der Waals surface area (Å²) in [6, 6.07) is 3.51. The van der Waals surface area contributed by atoms with Crippen LogP contribution < -0.4 is 5.32 Å². The summed E-state index contributed by atoms with van der Waals surface area (Å²) < 4.78 is 5.42. The van der Waals surface area contributed by atoms with Crippen LogP contribution >= 0.6 is 11.3 Å². The van der Waals surface area contributed by atoms with Gasteiger partial charge in [-0.05, 0) is 25.5 Å². The lowest BCUT2D eigenvalue weighted by Crippen LogP contribution is -2.46. The number of carbonyl (C=O) groups is 1. The second-order valence-electron chi connectivity index (χ2n) is 6.13. The molecule has 134 valence electrons. The SMILES string of the molecule is Cc1nc(CCNC(=O)C(c2cccnc2)N2CCOCC2)sc1C. The molecule has 1 amide bonds. The van der Waals surface area contributed by atoms with Crippen LogP contribution in [0.3, 0.4) is 0 Å². The largest absolute Gasteiger partial charge is 0.379 e. The summed E-state index contributed by atoms with van der Waals surface area (Å²) in [7, 11) is 0. The highest BCUT2D eigenvalue weighted by atomic mass is 32.1. The van der Waals surface area contributed by atoms with E-state index in [0.717, 1.165) is 35.8 Å². The molecule has 0 bridgehead atoms. The maximum Gasteiger partial charge on any atom is 0.242 e. The van der Waals surface area contributed by atoms with Gasteiger partial charge in [-0.25, -0.2) is 4.98 Å². The van der Waals surface area contributed by atoms with Gasteiger partial charge in [0.15, 0.2) is 0 Å². The molecule has 1 aliphatic rings. The van der Waals surface area contributed by atoms with Gasteiger partial charge in [0.2, 0.25) is 5.91 Å². The van der Waals surface area contributed by atoms with Crippen molar-refractivity contribution < 1.29 is 9.53 Å². The van der Waals surface area contributed by atoms with E-state index in [1.165, 1.54) is 4.88 Å². The van der Waals surface area contributed by atoms with Crippen LogP contribution in [0.5, 0.6) is 0 Å². The van der Waals surface area contributed by atoms with E-state index in [2.05, 4.69) is 27.1 Å². The zero-order valence-corrected chi connectivity index (χ0v) is 15.5. The maximum absolute atomic E-state index is 12.9. The molecule has 1 unspecified atom stereocenters. The number of carbonyl (C=O) groups excluding carboxylic acids is 1. The minimum Gasteiger partial charge on any atom is -0.379 e. The molecule has 1 saturated heterocycles. The number of aryl methyl sites for hydroxylation is 2. The average Bonchev–Trinajstić information content (AvgIpc) is 2.95. The Morgan fingerprint density at radius 1 is 1.40 bits per heavy atom. The summed E-state index contributed by atoms with van der Waals surface area (Å²) in [4.78, 5) is 25.0. The van der Waals surface area contributed by atoms with Gasteiger partial charge in [-0.15, -0.1) is 11.3 Å². The molecule has 2 aromatic heterocycles. The van der Waals surface area contributed by atoms with Crippen LogP contribution in [0.4, 0.5) is 0 Å². The standard InChI is InChI=1S/C18H24N4O2S/c1-13-14(2)25-16(21-13)5-7-20-18(23)17(15-4-3-6-19-12-15)22-8-10-24-11-9-22/h3-4,6,12,17H,5,7-11H2,1-2H3,(H,20,23). The molecule has 1 aliphatic heterocycles. The Kier molecular flexibility index (Phi) is 6.12. The third-order valence-electron chi connectivity index (χ3n) is 4.37. The van der Waals surface area contributed by atoms with Crippen molar-refractivity contribution >= 4 is 17.2 Å². The maximum atomic E-state index is 12.9. The fourth-order valence-corrected chi connectivity index (χ4v) is 3.87. The van der Waals surface area contributed by atoms with Crippen LogP contribution in [0.1, 0.15) is 27.2 Å². The average molecular weight is 360 g/mol. The number of aromatic nitrogens is 2. The molecule has 7 heteroatoms. The Balaban J connectivity index is 1.64. The number of pyridine rings is 1. The van der Waals surface area contributed by atoms with Crippen molar-refractivity contribution in [3.63, 3.8) is 0 Å². The van der Waals surface area contributed by atoms with Crippen molar-refractivity contribution in [2.24, 2.45) is 0 Å². The van der Waals surface area contributed by atoms with Gasteiger partial charge in [-0.3, -0.25) is 14.7 Å². The van der Waals surface area contributed by atoms with E-state index in [-0.39, 0.29) is 11.9 Å². The molecule has 25 heavy (non-hydrogen) atoms. The molecule has 1 N–H and O–H groups in total. The molecule has 0 spiro atoms. The zero-order chi connectivity index (χ0) is 17.6. The monoisotopic (exact) mass is 360 g/mol. The second kappa shape index (κ2) is 8.51. The molecule has 0 radical (unpaired) electrons. The van der Waals surface area contributed by atoms with E-state index in [1.54, 1.807) is 23.7 Å². The molecule has 6 nitrogen and oxygen atoms in total. The van der Waals surface area contributed by atoms with Gasteiger partial charge >= 0.3 is 0 Å². The summed E-state index contributed by atoms with van der Waals surface area (Å²) in [6.45, 7) is 7.49. The van der Waals surface area contributed by atoms with Gasteiger partial charge in [-0.2, -0.15) is 0 Å². The summed E-state index contributed by atoms with van der Waals surface area (Å²) in [5.41, 5.74) is 2.00. The summed E-state index contributed by atoms with van der Waals surface area (Å²) in [5.74, 6) is 0.0138. The molecule has 0 saturated carbocycles. The first-order valence-corrected chi connectivity index (χ1v) is 9.39. The molecular weight excluding hydrogens is 336 g/mol. The van der Waals surface area contributed by atoms with Crippen LogP contribution in [0.15, 0.2) is 24.5 Å². The van der Waals surface area contributed by atoms with Gasteiger partial charge in [0.25, 0.3) is 0 Å². The molecular formula is C18H24N4O2S. The summed E-state index contributed by atoms with van der Waals surface area (Å²) in [6.07, 6.45) is 4.26. The summed E-state index contributed by atoms with van der Waals surface area (Å²) >= 11 is 1.70. The number of nitrogens with zero attached hydrogens (tertiary/aromatic N) is 3. The second-order valence-corrected chi connectivity index (χ2v) is 7.42. The minimum absolute atomic E-state index is 0.0138.